The Morgan fingerprint density at radius 2 is 1.41 bits per heavy atom. The van der Waals surface area contributed by atoms with Gasteiger partial charge in [-0.3, -0.25) is 0 Å². The van der Waals surface area contributed by atoms with Crippen molar-refractivity contribution in [1.29, 1.82) is 0 Å². The number of likely N-dealkylation sites (N-methyl/N-ethyl adjacent to an activating group) is 1. The molecule has 134 valence electrons. The molecule has 2 rings (SSSR count). The van der Waals surface area contributed by atoms with Gasteiger partial charge in [-0.25, -0.2) is 8.78 Å². The molecule has 2 fully saturated rings. The summed E-state index contributed by atoms with van der Waals surface area (Å²) in [6, 6.07) is 0. The van der Waals surface area contributed by atoms with E-state index in [2.05, 4.69) is 16.7 Å². The number of piperazine rings is 1. The lowest BCUT2D eigenvalue weighted by molar-refractivity contribution is -0.115. The van der Waals surface area contributed by atoms with E-state index in [1.54, 1.807) is 11.9 Å². The zero-order chi connectivity index (χ0) is 17.2. The molecule has 0 aliphatic carbocycles. The first kappa shape index (κ1) is 21.7. The van der Waals surface area contributed by atoms with E-state index in [0.29, 0.717) is 13.0 Å². The Labute approximate surface area is 136 Å². The lowest BCUT2D eigenvalue weighted by Gasteiger charge is -2.41. The molecule has 3 nitrogen and oxygen atoms in total. The van der Waals surface area contributed by atoms with Gasteiger partial charge in [-0.15, -0.1) is 0 Å². The number of halogens is 2. The van der Waals surface area contributed by atoms with Gasteiger partial charge in [0.05, 0.1) is 6.54 Å². The minimum Gasteiger partial charge on any atom is -0.301 e. The second kappa shape index (κ2) is 11.3. The van der Waals surface area contributed by atoms with E-state index >= 15 is 0 Å². The maximum atomic E-state index is 13.9. The van der Waals surface area contributed by atoms with Crippen LogP contribution in [0.1, 0.15) is 41.0 Å². The van der Waals surface area contributed by atoms with Crippen molar-refractivity contribution in [2.75, 3.05) is 59.4 Å². The van der Waals surface area contributed by atoms with Crippen LogP contribution in [0.4, 0.5) is 8.78 Å². The number of hydrogen-bond donors (Lipinski definition) is 0. The summed E-state index contributed by atoms with van der Waals surface area (Å²) in [5.41, 5.74) is 0. The molecule has 2 saturated heterocycles. The third-order valence-electron chi connectivity index (χ3n) is 4.33. The molecule has 1 atom stereocenters. The van der Waals surface area contributed by atoms with Gasteiger partial charge in [0.2, 0.25) is 0 Å². The first-order chi connectivity index (χ1) is 10.5. The smallest absolute Gasteiger partial charge is 0.264 e. The third-order valence-corrected chi connectivity index (χ3v) is 4.33. The molecule has 0 aromatic heterocycles. The molecule has 0 aromatic carbocycles. The number of rotatable bonds is 3. The normalized spacial score (nSPS) is 26.5. The molecule has 0 amide bonds. The van der Waals surface area contributed by atoms with Crippen LogP contribution in [0.15, 0.2) is 0 Å². The molecule has 0 spiro atoms. The first-order valence-corrected chi connectivity index (χ1v) is 9.02. The van der Waals surface area contributed by atoms with Crippen LogP contribution in [-0.2, 0) is 0 Å². The Morgan fingerprint density at radius 3 is 1.86 bits per heavy atom. The SMILES string of the molecule is CC.CC.CCN1CCN(CC2CCN(C)CC2(F)F)CC1. The second-order valence-corrected chi connectivity index (χ2v) is 5.72. The van der Waals surface area contributed by atoms with Gasteiger partial charge in [-0.2, -0.15) is 0 Å². The minimum absolute atomic E-state index is 0.0768. The fraction of sp³-hybridized carbons (Fsp3) is 1.00. The maximum Gasteiger partial charge on any atom is 0.264 e. The van der Waals surface area contributed by atoms with Gasteiger partial charge in [0.1, 0.15) is 0 Å². The topological polar surface area (TPSA) is 9.72 Å². The highest BCUT2D eigenvalue weighted by molar-refractivity contribution is 4.88. The molecule has 0 aromatic rings. The predicted octanol–water partition coefficient (Wildman–Crippen LogP) is 3.26. The molecule has 1 unspecified atom stereocenters. The predicted molar refractivity (Wildman–Crippen MR) is 91.8 cm³/mol. The number of piperidine rings is 1. The van der Waals surface area contributed by atoms with Crippen LogP contribution in [0.25, 0.3) is 0 Å². The molecule has 0 radical (unpaired) electrons. The lowest BCUT2D eigenvalue weighted by atomic mass is 9.92. The summed E-state index contributed by atoms with van der Waals surface area (Å²) in [4.78, 5) is 6.34. The van der Waals surface area contributed by atoms with Crippen molar-refractivity contribution in [1.82, 2.24) is 14.7 Å². The highest BCUT2D eigenvalue weighted by Gasteiger charge is 2.44. The molecular formula is C17H37F2N3. The van der Waals surface area contributed by atoms with Gasteiger partial charge in [0, 0.05) is 38.6 Å². The second-order valence-electron chi connectivity index (χ2n) is 5.72. The molecule has 0 saturated carbocycles. The number of alkyl halides is 2. The van der Waals surface area contributed by atoms with E-state index < -0.39 is 11.8 Å². The van der Waals surface area contributed by atoms with Crippen molar-refractivity contribution in [3.8, 4) is 0 Å². The molecule has 2 aliphatic rings. The molecule has 22 heavy (non-hydrogen) atoms. The van der Waals surface area contributed by atoms with Crippen LogP contribution in [0.5, 0.6) is 0 Å². The van der Waals surface area contributed by atoms with Crippen LogP contribution < -0.4 is 0 Å². The summed E-state index contributed by atoms with van der Waals surface area (Å²) in [6.07, 6.45) is 0.623. The summed E-state index contributed by atoms with van der Waals surface area (Å²) in [7, 11) is 1.78. The third kappa shape index (κ3) is 6.88. The molecule has 5 heteroatoms. The molecule has 2 heterocycles. The van der Waals surface area contributed by atoms with Crippen molar-refractivity contribution >= 4 is 0 Å². The van der Waals surface area contributed by atoms with E-state index in [4.69, 9.17) is 0 Å². The van der Waals surface area contributed by atoms with Crippen molar-refractivity contribution in [2.45, 2.75) is 47.0 Å². The number of hydrogen-bond acceptors (Lipinski definition) is 3. The van der Waals surface area contributed by atoms with Crippen molar-refractivity contribution < 1.29 is 8.78 Å². The van der Waals surface area contributed by atoms with Crippen LogP contribution in [0.3, 0.4) is 0 Å². The average molecular weight is 322 g/mol. The number of nitrogens with zero attached hydrogens (tertiary/aromatic N) is 3. The van der Waals surface area contributed by atoms with E-state index in [-0.39, 0.29) is 6.54 Å². The zero-order valence-corrected chi connectivity index (χ0v) is 15.5. The van der Waals surface area contributed by atoms with E-state index in [0.717, 1.165) is 39.3 Å². The fourth-order valence-electron chi connectivity index (χ4n) is 2.98. The summed E-state index contributed by atoms with van der Waals surface area (Å²) >= 11 is 0. The van der Waals surface area contributed by atoms with Crippen molar-refractivity contribution in [3.05, 3.63) is 0 Å². The Balaban J connectivity index is 0.00000102. The highest BCUT2D eigenvalue weighted by Crippen LogP contribution is 2.33. The monoisotopic (exact) mass is 321 g/mol. The van der Waals surface area contributed by atoms with Crippen LogP contribution in [0, 0.1) is 5.92 Å². The lowest BCUT2D eigenvalue weighted by Crippen LogP contribution is -2.53. The summed E-state index contributed by atoms with van der Waals surface area (Å²) in [5.74, 6) is -2.98. The van der Waals surface area contributed by atoms with Crippen molar-refractivity contribution in [3.63, 3.8) is 0 Å². The first-order valence-electron chi connectivity index (χ1n) is 9.02. The summed E-state index contributed by atoms with van der Waals surface area (Å²) in [6.45, 7) is 16.4. The van der Waals surface area contributed by atoms with E-state index in [9.17, 15) is 8.78 Å². The van der Waals surface area contributed by atoms with Gasteiger partial charge in [0.25, 0.3) is 5.92 Å². The van der Waals surface area contributed by atoms with Gasteiger partial charge < -0.3 is 14.7 Å². The van der Waals surface area contributed by atoms with Crippen molar-refractivity contribution in [2.24, 2.45) is 5.92 Å². The molecule has 0 N–H and O–H groups in total. The Kier molecular flexibility index (Phi) is 11.2. The molecule has 0 bridgehead atoms. The van der Waals surface area contributed by atoms with Crippen LogP contribution >= 0.6 is 0 Å². The van der Waals surface area contributed by atoms with E-state index in [1.165, 1.54) is 0 Å². The quantitative estimate of drug-likeness (QED) is 0.790. The maximum absolute atomic E-state index is 13.9. The van der Waals surface area contributed by atoms with Gasteiger partial charge in [-0.1, -0.05) is 34.6 Å². The Morgan fingerprint density at radius 1 is 0.909 bits per heavy atom. The standard InChI is InChI=1S/C13H25F2N3.2C2H6/c1-3-17-6-8-18(9-7-17)10-12-4-5-16(2)11-13(12,14)15;2*1-2/h12H,3-11H2,1-2H3;2*1-2H3. The summed E-state index contributed by atoms with van der Waals surface area (Å²) in [5, 5.41) is 0. The Bertz CT molecular complexity index is 267. The zero-order valence-electron chi connectivity index (χ0n) is 15.5. The number of likely N-dealkylation sites (tertiary alicyclic amines) is 1. The minimum atomic E-state index is -2.52. The summed E-state index contributed by atoms with van der Waals surface area (Å²) < 4.78 is 27.9. The van der Waals surface area contributed by atoms with Gasteiger partial charge >= 0.3 is 0 Å². The van der Waals surface area contributed by atoms with Crippen LogP contribution in [0.2, 0.25) is 0 Å². The highest BCUT2D eigenvalue weighted by atomic mass is 19.3. The fourth-order valence-corrected chi connectivity index (χ4v) is 2.98. The van der Waals surface area contributed by atoms with Crippen LogP contribution in [-0.4, -0.2) is 80.0 Å². The van der Waals surface area contributed by atoms with Gasteiger partial charge in [-0.05, 0) is 26.6 Å². The van der Waals surface area contributed by atoms with Gasteiger partial charge in [0.15, 0.2) is 0 Å². The largest absolute Gasteiger partial charge is 0.301 e. The van der Waals surface area contributed by atoms with E-state index in [1.807, 2.05) is 27.7 Å². The average Bonchev–Trinajstić information content (AvgIpc) is 2.54. The Hall–Kier alpha value is -0.260. The molecule has 2 aliphatic heterocycles. The molecular weight excluding hydrogens is 284 g/mol.